The van der Waals surface area contributed by atoms with E-state index in [2.05, 4.69) is 15.9 Å². The average Bonchev–Trinajstić information content (AvgIpc) is 2.52. The quantitative estimate of drug-likeness (QED) is 0.844. The fourth-order valence-corrected chi connectivity index (χ4v) is 3.78. The SMILES string of the molecule is Nc1cccc(Br)c1CN1CCCS1(=O)=O. The number of sulfonamides is 1. The first kappa shape index (κ1) is 11.9. The van der Waals surface area contributed by atoms with Gasteiger partial charge in [-0.05, 0) is 18.6 Å². The molecule has 2 N–H and O–H groups in total. The van der Waals surface area contributed by atoms with E-state index in [1.807, 2.05) is 12.1 Å². The van der Waals surface area contributed by atoms with Crippen molar-refractivity contribution in [1.29, 1.82) is 0 Å². The van der Waals surface area contributed by atoms with Gasteiger partial charge in [0.05, 0.1) is 5.75 Å². The van der Waals surface area contributed by atoms with Crippen molar-refractivity contribution in [1.82, 2.24) is 4.31 Å². The Bertz CT molecular complexity index is 481. The summed E-state index contributed by atoms with van der Waals surface area (Å²) < 4.78 is 25.7. The molecule has 0 radical (unpaired) electrons. The molecular formula is C10H13BrN2O2S. The predicted molar refractivity (Wildman–Crippen MR) is 67.4 cm³/mol. The van der Waals surface area contributed by atoms with E-state index in [0.717, 1.165) is 10.0 Å². The van der Waals surface area contributed by atoms with Gasteiger partial charge in [-0.3, -0.25) is 0 Å². The van der Waals surface area contributed by atoms with Crippen LogP contribution in [0.1, 0.15) is 12.0 Å². The van der Waals surface area contributed by atoms with E-state index in [1.54, 1.807) is 6.07 Å². The molecule has 0 saturated carbocycles. The van der Waals surface area contributed by atoms with Gasteiger partial charge in [-0.1, -0.05) is 22.0 Å². The van der Waals surface area contributed by atoms with Crippen LogP contribution in [0.2, 0.25) is 0 Å². The van der Waals surface area contributed by atoms with Crippen molar-refractivity contribution in [2.75, 3.05) is 18.0 Å². The Morgan fingerprint density at radius 2 is 2.19 bits per heavy atom. The molecule has 0 aromatic heterocycles. The maximum Gasteiger partial charge on any atom is 0.214 e. The second-order valence-corrected chi connectivity index (χ2v) is 6.75. The van der Waals surface area contributed by atoms with Crippen molar-refractivity contribution in [2.45, 2.75) is 13.0 Å². The molecular weight excluding hydrogens is 292 g/mol. The number of nitrogens with zero attached hydrogens (tertiary/aromatic N) is 1. The first-order valence-electron chi connectivity index (χ1n) is 5.01. The standard InChI is InChI=1S/C10H13BrN2O2S/c11-9-3-1-4-10(12)8(9)7-13-5-2-6-16(13,14)15/h1,3-4H,2,5-7,12H2. The van der Waals surface area contributed by atoms with Gasteiger partial charge in [0.2, 0.25) is 10.0 Å². The second kappa shape index (κ2) is 4.35. The van der Waals surface area contributed by atoms with Gasteiger partial charge in [-0.2, -0.15) is 4.31 Å². The van der Waals surface area contributed by atoms with E-state index in [0.29, 0.717) is 25.2 Å². The van der Waals surface area contributed by atoms with Gasteiger partial charge in [-0.15, -0.1) is 0 Å². The summed E-state index contributed by atoms with van der Waals surface area (Å²) in [5.74, 6) is 0.247. The van der Waals surface area contributed by atoms with Crippen LogP contribution in [0.5, 0.6) is 0 Å². The first-order chi connectivity index (χ1) is 7.50. The summed E-state index contributed by atoms with van der Waals surface area (Å²) in [5, 5.41) is 0. The Morgan fingerprint density at radius 1 is 1.44 bits per heavy atom. The van der Waals surface area contributed by atoms with Gasteiger partial charge < -0.3 is 5.73 Å². The van der Waals surface area contributed by atoms with Crippen LogP contribution >= 0.6 is 15.9 Å². The van der Waals surface area contributed by atoms with Crippen molar-refractivity contribution >= 4 is 31.6 Å². The Balaban J connectivity index is 2.28. The van der Waals surface area contributed by atoms with E-state index in [1.165, 1.54) is 4.31 Å². The monoisotopic (exact) mass is 304 g/mol. The smallest absolute Gasteiger partial charge is 0.214 e. The molecule has 1 aromatic rings. The fraction of sp³-hybridized carbons (Fsp3) is 0.400. The molecule has 16 heavy (non-hydrogen) atoms. The van der Waals surface area contributed by atoms with E-state index < -0.39 is 10.0 Å². The van der Waals surface area contributed by atoms with Crippen LogP contribution in [0.15, 0.2) is 22.7 Å². The molecule has 0 bridgehead atoms. The van der Waals surface area contributed by atoms with Gasteiger partial charge in [0.25, 0.3) is 0 Å². The van der Waals surface area contributed by atoms with E-state index in [4.69, 9.17) is 5.73 Å². The number of hydrogen-bond acceptors (Lipinski definition) is 3. The molecule has 88 valence electrons. The molecule has 4 nitrogen and oxygen atoms in total. The number of hydrogen-bond donors (Lipinski definition) is 1. The number of nitrogens with two attached hydrogens (primary N) is 1. The highest BCUT2D eigenvalue weighted by Gasteiger charge is 2.28. The summed E-state index contributed by atoms with van der Waals surface area (Å²) in [7, 11) is -3.06. The third kappa shape index (κ3) is 2.23. The molecule has 1 aromatic carbocycles. The topological polar surface area (TPSA) is 63.4 Å². The minimum atomic E-state index is -3.06. The highest BCUT2D eigenvalue weighted by Crippen LogP contribution is 2.26. The summed E-state index contributed by atoms with van der Waals surface area (Å²) >= 11 is 3.39. The Kier molecular flexibility index (Phi) is 3.23. The summed E-state index contributed by atoms with van der Waals surface area (Å²) in [5.41, 5.74) is 7.30. The highest BCUT2D eigenvalue weighted by molar-refractivity contribution is 9.10. The maximum atomic E-state index is 11.7. The highest BCUT2D eigenvalue weighted by atomic mass is 79.9. The molecule has 6 heteroatoms. The van der Waals surface area contributed by atoms with Crippen LogP contribution in [-0.2, 0) is 16.6 Å². The Morgan fingerprint density at radius 3 is 2.75 bits per heavy atom. The largest absolute Gasteiger partial charge is 0.398 e. The van der Waals surface area contributed by atoms with Crippen molar-refractivity contribution < 1.29 is 8.42 Å². The van der Waals surface area contributed by atoms with Gasteiger partial charge in [0, 0.05) is 28.8 Å². The number of nitrogen functional groups attached to an aromatic ring is 1. The zero-order valence-electron chi connectivity index (χ0n) is 8.69. The molecule has 0 aliphatic carbocycles. The Labute approximate surface area is 104 Å². The van der Waals surface area contributed by atoms with Crippen molar-refractivity contribution in [3.63, 3.8) is 0 Å². The summed E-state index contributed by atoms with van der Waals surface area (Å²) in [6.45, 7) is 0.943. The van der Waals surface area contributed by atoms with Gasteiger partial charge in [-0.25, -0.2) is 8.42 Å². The molecule has 1 aliphatic rings. The van der Waals surface area contributed by atoms with Crippen LogP contribution in [0.4, 0.5) is 5.69 Å². The van der Waals surface area contributed by atoms with Gasteiger partial charge in [0.15, 0.2) is 0 Å². The lowest BCUT2D eigenvalue weighted by atomic mass is 10.2. The number of benzene rings is 1. The van der Waals surface area contributed by atoms with E-state index in [9.17, 15) is 8.42 Å². The maximum absolute atomic E-state index is 11.7. The van der Waals surface area contributed by atoms with Crippen LogP contribution in [0.25, 0.3) is 0 Å². The molecule has 1 fully saturated rings. The van der Waals surface area contributed by atoms with Crippen LogP contribution in [0, 0.1) is 0 Å². The molecule has 0 atom stereocenters. The summed E-state index contributed by atoms with van der Waals surface area (Å²) in [6, 6.07) is 5.48. The van der Waals surface area contributed by atoms with Crippen molar-refractivity contribution in [2.24, 2.45) is 0 Å². The molecule has 1 aliphatic heterocycles. The lowest BCUT2D eigenvalue weighted by molar-refractivity contribution is 0.439. The summed E-state index contributed by atoms with van der Waals surface area (Å²) in [6.07, 6.45) is 0.701. The van der Waals surface area contributed by atoms with E-state index in [-0.39, 0.29) is 5.75 Å². The summed E-state index contributed by atoms with van der Waals surface area (Å²) in [4.78, 5) is 0. The molecule has 0 spiro atoms. The van der Waals surface area contributed by atoms with Gasteiger partial charge in [0.1, 0.15) is 0 Å². The number of halogens is 1. The van der Waals surface area contributed by atoms with Crippen molar-refractivity contribution in [3.8, 4) is 0 Å². The molecule has 1 saturated heterocycles. The number of rotatable bonds is 2. The molecule has 0 unspecified atom stereocenters. The third-order valence-electron chi connectivity index (χ3n) is 2.69. The van der Waals surface area contributed by atoms with Crippen LogP contribution in [-0.4, -0.2) is 25.0 Å². The fourth-order valence-electron chi connectivity index (χ4n) is 1.79. The van der Waals surface area contributed by atoms with E-state index >= 15 is 0 Å². The average molecular weight is 305 g/mol. The second-order valence-electron chi connectivity index (χ2n) is 3.81. The minimum Gasteiger partial charge on any atom is -0.398 e. The lowest BCUT2D eigenvalue weighted by Crippen LogP contribution is -2.25. The molecule has 2 rings (SSSR count). The van der Waals surface area contributed by atoms with Crippen LogP contribution in [0.3, 0.4) is 0 Å². The van der Waals surface area contributed by atoms with Crippen LogP contribution < -0.4 is 5.73 Å². The lowest BCUT2D eigenvalue weighted by Gasteiger charge is -2.16. The normalized spacial score (nSPS) is 20.1. The third-order valence-corrected chi connectivity index (χ3v) is 5.34. The Hall–Kier alpha value is -0.590. The van der Waals surface area contributed by atoms with Gasteiger partial charge >= 0.3 is 0 Å². The first-order valence-corrected chi connectivity index (χ1v) is 7.41. The zero-order chi connectivity index (χ0) is 11.8. The van der Waals surface area contributed by atoms with Crippen molar-refractivity contribution in [3.05, 3.63) is 28.2 Å². The zero-order valence-corrected chi connectivity index (χ0v) is 11.1. The molecule has 0 amide bonds. The number of anilines is 1. The molecule has 1 heterocycles. The predicted octanol–water partition coefficient (Wildman–Crippen LogP) is 1.57. The minimum absolute atomic E-state index is 0.247.